The number of hydrogen-bond donors (Lipinski definition) is 1. The van der Waals surface area contributed by atoms with Gasteiger partial charge in [0.15, 0.2) is 0 Å². The average Bonchev–Trinajstić information content (AvgIpc) is 2.03. The summed E-state index contributed by atoms with van der Waals surface area (Å²) in [5.41, 5.74) is 1.16. The Morgan fingerprint density at radius 2 is 1.71 bits per heavy atom. The first-order valence-corrected chi connectivity index (χ1v) is 4.26. The van der Waals surface area contributed by atoms with Crippen LogP contribution in [0.25, 0.3) is 0 Å². The molecule has 0 heterocycles. The first kappa shape index (κ1) is 14.3. The van der Waals surface area contributed by atoms with Crippen molar-refractivity contribution in [1.82, 2.24) is 0 Å². The van der Waals surface area contributed by atoms with Crippen LogP contribution < -0.4 is 0 Å². The van der Waals surface area contributed by atoms with Gasteiger partial charge >= 0.3 is 54.9 Å². The molecule has 0 spiro atoms. The quantitative estimate of drug-likeness (QED) is 0.802. The van der Waals surface area contributed by atoms with Crippen molar-refractivity contribution in [2.45, 2.75) is 26.2 Å². The van der Waals surface area contributed by atoms with Crippen LogP contribution in [0, 0.1) is 0 Å². The molecule has 1 rings (SSSR count). The Morgan fingerprint density at radius 1 is 1.21 bits per heavy atom. The number of hydrogen-bond acceptors (Lipinski definition) is 1. The summed E-state index contributed by atoms with van der Waals surface area (Å²) in [6.45, 7) is 6.03. The topological polar surface area (TPSA) is 37.3 Å². The number of carboxylic acid groups (broad SMARTS) is 1. The summed E-state index contributed by atoms with van der Waals surface area (Å²) in [7, 11) is 0. The van der Waals surface area contributed by atoms with Crippen molar-refractivity contribution in [3.8, 4) is 0 Å². The summed E-state index contributed by atoms with van der Waals surface area (Å²) in [6, 6.07) is 7.12. The van der Waals surface area contributed by atoms with Crippen LogP contribution in [-0.4, -0.2) is 60.0 Å². The van der Waals surface area contributed by atoms with Gasteiger partial charge in [-0.25, -0.2) is 4.79 Å². The molecule has 14 heavy (non-hydrogen) atoms. The van der Waals surface area contributed by atoms with Gasteiger partial charge in [0.1, 0.15) is 0 Å². The van der Waals surface area contributed by atoms with Crippen molar-refractivity contribution in [3.05, 3.63) is 35.4 Å². The molecule has 2 nitrogen and oxygen atoms in total. The first-order chi connectivity index (χ1) is 5.93. The van der Waals surface area contributed by atoms with Gasteiger partial charge in [-0.1, -0.05) is 39.0 Å². The zero-order chi connectivity index (χ0) is 10.1. The number of benzene rings is 1. The minimum atomic E-state index is -0.856. The van der Waals surface area contributed by atoms with Gasteiger partial charge in [0.2, 0.25) is 0 Å². The molecule has 1 aromatic rings. The van der Waals surface area contributed by atoms with Crippen LogP contribution >= 0.6 is 0 Å². The van der Waals surface area contributed by atoms with Gasteiger partial charge in [0, 0.05) is 0 Å². The van der Waals surface area contributed by atoms with Crippen LogP contribution in [0.3, 0.4) is 0 Å². The maximum absolute atomic E-state index is 10.9. The predicted octanol–water partition coefficient (Wildman–Crippen LogP) is 1.77. The van der Waals surface area contributed by atoms with E-state index < -0.39 is 5.97 Å². The summed E-state index contributed by atoms with van der Waals surface area (Å²) in [5, 5.41) is 8.93. The minimum absolute atomic E-state index is 0. The Bertz CT molecular complexity index is 326. The van der Waals surface area contributed by atoms with Gasteiger partial charge in [0.25, 0.3) is 0 Å². The van der Waals surface area contributed by atoms with Gasteiger partial charge in [-0.05, 0) is 17.0 Å². The average molecular weight is 318 g/mol. The molecule has 1 N–H and O–H groups in total. The number of rotatable bonds is 1. The Hall–Kier alpha value is 0.261. The van der Waals surface area contributed by atoms with E-state index >= 15 is 0 Å². The fraction of sp³-hybridized carbons (Fsp3) is 0.364. The predicted molar refractivity (Wildman–Crippen MR) is 60.6 cm³/mol. The van der Waals surface area contributed by atoms with Crippen molar-refractivity contribution >= 4 is 54.9 Å². The van der Waals surface area contributed by atoms with Crippen molar-refractivity contribution < 1.29 is 9.90 Å². The van der Waals surface area contributed by atoms with Gasteiger partial charge in [-0.15, -0.1) is 0 Å². The monoisotopic (exact) mass is 318 g/mol. The normalized spacial score (nSPS) is 10.5. The second kappa shape index (κ2) is 5.37. The molecule has 0 aliphatic heterocycles. The molecule has 0 saturated heterocycles. The maximum atomic E-state index is 10.9. The fourth-order valence-corrected chi connectivity index (χ4v) is 1.32. The van der Waals surface area contributed by atoms with Crippen LogP contribution in [0.15, 0.2) is 24.3 Å². The van der Waals surface area contributed by atoms with E-state index in [-0.39, 0.29) is 54.3 Å². The van der Waals surface area contributed by atoms with Crippen molar-refractivity contribution in [3.63, 3.8) is 0 Å². The Morgan fingerprint density at radius 3 is 2.07 bits per heavy atom. The molecule has 0 bridgehead atoms. The van der Waals surface area contributed by atoms with E-state index in [0.29, 0.717) is 5.56 Å². The standard InChI is InChI=1S/C11H14O2.Ba.2H/c1-11(2,3)9-7-5-4-6-8(9)10(12)13;;;/h4-7H,1-3H3,(H,12,13);;;. The van der Waals surface area contributed by atoms with E-state index in [4.69, 9.17) is 5.11 Å². The second-order valence-corrected chi connectivity index (χ2v) is 4.10. The molecule has 0 aromatic heterocycles. The van der Waals surface area contributed by atoms with Crippen molar-refractivity contribution in [1.29, 1.82) is 0 Å². The zero-order valence-electron chi connectivity index (χ0n) is 8.16. The zero-order valence-corrected chi connectivity index (χ0v) is 8.16. The SMILES string of the molecule is CC(C)(C)c1ccccc1C(=O)O.[BaH2]. The summed E-state index contributed by atoms with van der Waals surface area (Å²) >= 11 is 0. The van der Waals surface area contributed by atoms with Crippen molar-refractivity contribution in [2.24, 2.45) is 0 Å². The fourth-order valence-electron chi connectivity index (χ4n) is 1.32. The van der Waals surface area contributed by atoms with Crippen LogP contribution in [0.5, 0.6) is 0 Å². The Balaban J connectivity index is 0.00000169. The van der Waals surface area contributed by atoms with E-state index in [1.54, 1.807) is 12.1 Å². The van der Waals surface area contributed by atoms with E-state index in [9.17, 15) is 4.79 Å². The molecule has 0 aliphatic rings. The summed E-state index contributed by atoms with van der Waals surface area (Å²) < 4.78 is 0. The molecule has 0 aliphatic carbocycles. The number of carboxylic acids is 1. The Kier molecular flexibility index (Phi) is 5.47. The molecular formula is C11H16BaO2. The molecule has 0 atom stereocenters. The van der Waals surface area contributed by atoms with Gasteiger partial charge < -0.3 is 5.11 Å². The molecule has 1 aromatic carbocycles. The van der Waals surface area contributed by atoms with Crippen LogP contribution in [-0.2, 0) is 5.41 Å². The molecular weight excluding hydrogens is 301 g/mol. The van der Waals surface area contributed by atoms with Crippen LogP contribution in [0.4, 0.5) is 0 Å². The van der Waals surface area contributed by atoms with Gasteiger partial charge in [-0.3, -0.25) is 0 Å². The molecule has 74 valence electrons. The molecule has 0 saturated carbocycles. The Labute approximate surface area is 125 Å². The summed E-state index contributed by atoms with van der Waals surface area (Å²) in [4.78, 5) is 10.9. The first-order valence-electron chi connectivity index (χ1n) is 4.26. The summed E-state index contributed by atoms with van der Waals surface area (Å²) in [6.07, 6.45) is 0. The third-order valence-corrected chi connectivity index (χ3v) is 1.97. The molecule has 3 heteroatoms. The summed E-state index contributed by atoms with van der Waals surface area (Å²) in [5.74, 6) is -0.856. The van der Waals surface area contributed by atoms with Crippen LogP contribution in [0.1, 0.15) is 36.7 Å². The number of carbonyl (C=O) groups is 1. The number of aromatic carboxylic acids is 1. The molecule has 0 amide bonds. The second-order valence-electron chi connectivity index (χ2n) is 4.10. The van der Waals surface area contributed by atoms with Gasteiger partial charge in [-0.2, -0.15) is 0 Å². The molecule has 0 unspecified atom stereocenters. The third-order valence-electron chi connectivity index (χ3n) is 1.97. The van der Waals surface area contributed by atoms with E-state index in [2.05, 4.69) is 0 Å². The molecule has 0 fully saturated rings. The van der Waals surface area contributed by atoms with Gasteiger partial charge in [0.05, 0.1) is 5.56 Å². The van der Waals surface area contributed by atoms with E-state index in [1.165, 1.54) is 0 Å². The van der Waals surface area contributed by atoms with Crippen molar-refractivity contribution in [2.75, 3.05) is 0 Å². The molecule has 0 radical (unpaired) electrons. The van der Waals surface area contributed by atoms with E-state index in [0.717, 1.165) is 5.56 Å². The third kappa shape index (κ3) is 3.44. The van der Waals surface area contributed by atoms with E-state index in [1.807, 2.05) is 32.9 Å². The van der Waals surface area contributed by atoms with Crippen LogP contribution in [0.2, 0.25) is 0 Å².